The minimum Gasteiger partial charge on any atom is -0.292 e. The number of carbonyl (C=O) groups excluding carboxylic acids is 1. The van der Waals surface area contributed by atoms with Crippen LogP contribution in [0.1, 0.15) is 27.3 Å². The highest BCUT2D eigenvalue weighted by Gasteiger charge is 2.12. The van der Waals surface area contributed by atoms with Crippen molar-refractivity contribution in [2.24, 2.45) is 0 Å². The molecule has 1 heterocycles. The van der Waals surface area contributed by atoms with Crippen molar-refractivity contribution in [2.45, 2.75) is 27.3 Å². The maximum absolute atomic E-state index is 12.1. The number of Topliss-reactive ketones (excluding diaryl/α,β-unsaturated/α-hetero) is 1. The van der Waals surface area contributed by atoms with Gasteiger partial charge in [0.15, 0.2) is 5.78 Å². The molecule has 0 saturated carbocycles. The van der Waals surface area contributed by atoms with E-state index in [1.807, 2.05) is 20.8 Å². The summed E-state index contributed by atoms with van der Waals surface area (Å²) < 4.78 is 1.74. The van der Waals surface area contributed by atoms with E-state index < -0.39 is 0 Å². The highest BCUT2D eigenvalue weighted by Crippen LogP contribution is 2.14. The van der Waals surface area contributed by atoms with Gasteiger partial charge in [-0.05, 0) is 38.5 Å². The number of ketones is 1. The lowest BCUT2D eigenvalue weighted by Crippen LogP contribution is -2.13. The van der Waals surface area contributed by atoms with Crippen molar-refractivity contribution < 1.29 is 4.79 Å². The van der Waals surface area contributed by atoms with Crippen LogP contribution in [0, 0.1) is 20.8 Å². The summed E-state index contributed by atoms with van der Waals surface area (Å²) >= 11 is 5.88. The van der Waals surface area contributed by atoms with Crippen LogP contribution in [0.4, 0.5) is 0 Å². The van der Waals surface area contributed by atoms with Crippen molar-refractivity contribution in [3.05, 3.63) is 51.8 Å². The van der Waals surface area contributed by atoms with Gasteiger partial charge in [-0.2, -0.15) is 5.10 Å². The molecule has 0 radical (unpaired) electrons. The van der Waals surface area contributed by atoms with Crippen molar-refractivity contribution in [3.63, 3.8) is 0 Å². The summed E-state index contributed by atoms with van der Waals surface area (Å²) in [7, 11) is 0. The molecule has 18 heavy (non-hydrogen) atoms. The third-order valence-electron chi connectivity index (χ3n) is 3.18. The molecule has 0 aliphatic heterocycles. The first-order valence-corrected chi connectivity index (χ1v) is 6.16. The molecule has 0 spiro atoms. The summed E-state index contributed by atoms with van der Waals surface area (Å²) in [6.07, 6.45) is 0. The number of nitrogens with zero attached hydrogens (tertiary/aromatic N) is 2. The maximum atomic E-state index is 12.1. The Bertz CT molecular complexity index is 602. The molecule has 0 fully saturated rings. The molecule has 2 aromatic rings. The molecule has 2 rings (SSSR count). The topological polar surface area (TPSA) is 34.9 Å². The Labute approximate surface area is 111 Å². The van der Waals surface area contributed by atoms with Crippen LogP contribution in [-0.2, 0) is 6.54 Å². The quantitative estimate of drug-likeness (QED) is 0.795. The van der Waals surface area contributed by atoms with E-state index in [1.54, 1.807) is 28.9 Å². The van der Waals surface area contributed by atoms with Gasteiger partial charge in [0, 0.05) is 16.3 Å². The molecule has 94 valence electrons. The molecule has 0 N–H and O–H groups in total. The van der Waals surface area contributed by atoms with E-state index in [0.29, 0.717) is 10.6 Å². The average molecular weight is 263 g/mol. The van der Waals surface area contributed by atoms with Gasteiger partial charge in [0.2, 0.25) is 0 Å². The van der Waals surface area contributed by atoms with E-state index in [1.165, 1.54) is 0 Å². The highest BCUT2D eigenvalue weighted by atomic mass is 35.5. The van der Waals surface area contributed by atoms with Gasteiger partial charge in [-0.25, -0.2) is 0 Å². The first kappa shape index (κ1) is 12.8. The normalized spacial score (nSPS) is 10.7. The second-order valence-electron chi connectivity index (χ2n) is 4.39. The van der Waals surface area contributed by atoms with Crippen LogP contribution in [0.3, 0.4) is 0 Å². The lowest BCUT2D eigenvalue weighted by Gasteiger charge is -2.04. The fourth-order valence-electron chi connectivity index (χ4n) is 1.83. The van der Waals surface area contributed by atoms with Gasteiger partial charge in [0.25, 0.3) is 0 Å². The Hall–Kier alpha value is -1.61. The predicted octanol–water partition coefficient (Wildman–Crippen LogP) is 3.34. The first-order valence-electron chi connectivity index (χ1n) is 5.78. The zero-order valence-corrected chi connectivity index (χ0v) is 11.5. The van der Waals surface area contributed by atoms with Gasteiger partial charge in [0.05, 0.1) is 5.69 Å². The van der Waals surface area contributed by atoms with E-state index >= 15 is 0 Å². The van der Waals surface area contributed by atoms with Crippen molar-refractivity contribution >= 4 is 17.4 Å². The van der Waals surface area contributed by atoms with Gasteiger partial charge >= 0.3 is 0 Å². The molecule has 1 aromatic carbocycles. The molecule has 1 aromatic heterocycles. The van der Waals surface area contributed by atoms with Crippen LogP contribution in [0.5, 0.6) is 0 Å². The van der Waals surface area contributed by atoms with Gasteiger partial charge in [-0.15, -0.1) is 0 Å². The number of hydrogen-bond donors (Lipinski definition) is 0. The standard InChI is InChI=1S/C14H15ClN2O/c1-9-10(2)16-17(11(9)3)8-14(18)12-5-4-6-13(15)7-12/h4-7H,8H2,1-3H3. The highest BCUT2D eigenvalue weighted by molar-refractivity contribution is 6.31. The van der Waals surface area contributed by atoms with E-state index in [-0.39, 0.29) is 12.3 Å². The lowest BCUT2D eigenvalue weighted by molar-refractivity contribution is 0.0966. The van der Waals surface area contributed by atoms with Crippen LogP contribution in [0.2, 0.25) is 5.02 Å². The second kappa shape index (κ2) is 4.94. The SMILES string of the molecule is Cc1nn(CC(=O)c2cccc(Cl)c2)c(C)c1C. The Kier molecular flexibility index (Phi) is 3.53. The number of halogens is 1. The summed E-state index contributed by atoms with van der Waals surface area (Å²) in [4.78, 5) is 12.1. The number of carbonyl (C=O) groups is 1. The summed E-state index contributed by atoms with van der Waals surface area (Å²) in [6, 6.07) is 6.99. The fraction of sp³-hybridized carbons (Fsp3) is 0.286. The summed E-state index contributed by atoms with van der Waals surface area (Å²) in [5, 5.41) is 4.93. The Morgan fingerprint density at radius 1 is 1.33 bits per heavy atom. The Morgan fingerprint density at radius 2 is 2.06 bits per heavy atom. The van der Waals surface area contributed by atoms with Gasteiger partial charge in [-0.1, -0.05) is 23.7 Å². The fourth-order valence-corrected chi connectivity index (χ4v) is 2.02. The zero-order chi connectivity index (χ0) is 13.3. The first-order chi connectivity index (χ1) is 8.49. The summed E-state index contributed by atoms with van der Waals surface area (Å²) in [5.74, 6) is 0.0168. The third kappa shape index (κ3) is 2.46. The van der Waals surface area contributed by atoms with Crippen molar-refractivity contribution in [1.29, 1.82) is 0 Å². The molecule has 0 amide bonds. The zero-order valence-electron chi connectivity index (χ0n) is 10.7. The smallest absolute Gasteiger partial charge is 0.184 e. The molecular formula is C14H15ClN2O. The summed E-state index contributed by atoms with van der Waals surface area (Å²) in [6.45, 7) is 6.18. The summed E-state index contributed by atoms with van der Waals surface area (Å²) in [5.41, 5.74) is 3.75. The molecule has 0 bridgehead atoms. The van der Waals surface area contributed by atoms with Gasteiger partial charge in [0.1, 0.15) is 6.54 Å². The number of rotatable bonds is 3. The minimum atomic E-state index is 0.0168. The van der Waals surface area contributed by atoms with Gasteiger partial charge < -0.3 is 0 Å². The molecule has 0 aliphatic carbocycles. The molecular weight excluding hydrogens is 248 g/mol. The molecule has 0 aliphatic rings. The van der Waals surface area contributed by atoms with Crippen LogP contribution in [-0.4, -0.2) is 15.6 Å². The average Bonchev–Trinajstić information content (AvgIpc) is 2.57. The van der Waals surface area contributed by atoms with Crippen LogP contribution in [0.15, 0.2) is 24.3 Å². The Balaban J connectivity index is 2.24. The lowest BCUT2D eigenvalue weighted by atomic mass is 10.1. The molecule has 4 heteroatoms. The minimum absolute atomic E-state index is 0.0168. The van der Waals surface area contributed by atoms with Crippen LogP contribution >= 0.6 is 11.6 Å². The van der Waals surface area contributed by atoms with E-state index in [0.717, 1.165) is 17.0 Å². The van der Waals surface area contributed by atoms with Crippen LogP contribution in [0.25, 0.3) is 0 Å². The monoisotopic (exact) mass is 262 g/mol. The maximum Gasteiger partial charge on any atom is 0.184 e. The van der Waals surface area contributed by atoms with E-state index in [4.69, 9.17) is 11.6 Å². The van der Waals surface area contributed by atoms with E-state index in [9.17, 15) is 4.79 Å². The van der Waals surface area contributed by atoms with Crippen molar-refractivity contribution in [1.82, 2.24) is 9.78 Å². The molecule has 0 unspecified atom stereocenters. The van der Waals surface area contributed by atoms with Crippen molar-refractivity contribution in [3.8, 4) is 0 Å². The van der Waals surface area contributed by atoms with Gasteiger partial charge in [-0.3, -0.25) is 9.48 Å². The third-order valence-corrected chi connectivity index (χ3v) is 3.42. The Morgan fingerprint density at radius 3 is 2.61 bits per heavy atom. The van der Waals surface area contributed by atoms with E-state index in [2.05, 4.69) is 5.10 Å². The number of aryl methyl sites for hydroxylation is 1. The second-order valence-corrected chi connectivity index (χ2v) is 4.82. The predicted molar refractivity (Wildman–Crippen MR) is 72.2 cm³/mol. The number of benzene rings is 1. The molecule has 0 saturated heterocycles. The van der Waals surface area contributed by atoms with Crippen LogP contribution < -0.4 is 0 Å². The van der Waals surface area contributed by atoms with Crippen molar-refractivity contribution in [2.75, 3.05) is 0 Å². The largest absolute Gasteiger partial charge is 0.292 e. The number of hydrogen-bond acceptors (Lipinski definition) is 2. The number of aromatic nitrogens is 2. The molecule has 3 nitrogen and oxygen atoms in total. The molecule has 0 atom stereocenters.